The number of anilines is 1. The maximum Gasteiger partial charge on any atom is 0.407 e. The third kappa shape index (κ3) is 10.7. The molecule has 0 spiro atoms. The Labute approximate surface area is 374 Å². The summed E-state index contributed by atoms with van der Waals surface area (Å²) in [6.07, 6.45) is 1.97. The van der Waals surface area contributed by atoms with Gasteiger partial charge in [-0.3, -0.25) is 4.79 Å². The number of aliphatic carboxylic acids is 1. The molecule has 0 aliphatic heterocycles. The summed E-state index contributed by atoms with van der Waals surface area (Å²) in [5.74, 6) is -0.610. The van der Waals surface area contributed by atoms with Crippen LogP contribution in [0, 0.1) is 0 Å². The number of unbranched alkanes of at least 4 members (excludes halogenated alkanes) is 2. The summed E-state index contributed by atoms with van der Waals surface area (Å²) in [4.78, 5) is 37.7. The molecule has 0 saturated carbocycles. The van der Waals surface area contributed by atoms with Gasteiger partial charge in [-0.25, -0.2) is 9.59 Å². The molecule has 8 heteroatoms. The lowest BCUT2D eigenvalue weighted by Crippen LogP contribution is -2.42. The van der Waals surface area contributed by atoms with E-state index in [4.69, 9.17) is 9.47 Å². The number of fused-ring (bicyclic) bond motifs is 3. The van der Waals surface area contributed by atoms with Gasteiger partial charge in [-0.1, -0.05) is 164 Å². The van der Waals surface area contributed by atoms with Crippen LogP contribution in [-0.2, 0) is 20.7 Å². The maximum atomic E-state index is 12.8. The lowest BCUT2D eigenvalue weighted by atomic mass is 9.86. The Hall–Kier alpha value is -7.71. The molecule has 8 nitrogen and oxygen atoms in total. The van der Waals surface area contributed by atoms with Crippen molar-refractivity contribution in [3.63, 3.8) is 0 Å². The van der Waals surface area contributed by atoms with Crippen LogP contribution in [0.3, 0.4) is 0 Å². The van der Waals surface area contributed by atoms with Crippen LogP contribution < -0.4 is 15.4 Å². The summed E-state index contributed by atoms with van der Waals surface area (Å²) in [7, 11) is 0. The molecule has 64 heavy (non-hydrogen) atoms. The fourth-order valence-corrected chi connectivity index (χ4v) is 8.36. The third-order valence-corrected chi connectivity index (χ3v) is 11.5. The van der Waals surface area contributed by atoms with Gasteiger partial charge in [0.25, 0.3) is 0 Å². The first-order valence-electron chi connectivity index (χ1n) is 21.8. The zero-order valence-electron chi connectivity index (χ0n) is 35.5. The van der Waals surface area contributed by atoms with Crippen molar-refractivity contribution in [2.45, 2.75) is 44.1 Å². The molecule has 7 aromatic carbocycles. The Balaban J connectivity index is 0.779. The van der Waals surface area contributed by atoms with Crippen molar-refractivity contribution < 1.29 is 29.0 Å². The highest BCUT2D eigenvalue weighted by molar-refractivity contribution is 6.04. The van der Waals surface area contributed by atoms with Crippen molar-refractivity contribution in [1.82, 2.24) is 5.32 Å². The molecular formula is C56H50N2O6. The summed E-state index contributed by atoms with van der Waals surface area (Å²) in [6, 6.07) is 61.6. The number of benzene rings is 7. The van der Waals surface area contributed by atoms with Crippen LogP contribution in [0.5, 0.6) is 5.75 Å². The Morgan fingerprint density at radius 2 is 1.05 bits per heavy atom. The number of hydrogen-bond donors (Lipinski definition) is 3. The van der Waals surface area contributed by atoms with E-state index in [1.807, 2.05) is 66.7 Å². The Bertz CT molecular complexity index is 2610. The number of rotatable bonds is 18. The molecule has 0 unspecified atom stereocenters. The summed E-state index contributed by atoms with van der Waals surface area (Å²) >= 11 is 0. The van der Waals surface area contributed by atoms with Gasteiger partial charge in [-0.05, 0) is 105 Å². The summed E-state index contributed by atoms with van der Waals surface area (Å²) < 4.78 is 11.7. The van der Waals surface area contributed by atoms with Gasteiger partial charge in [0, 0.05) is 24.4 Å². The van der Waals surface area contributed by atoms with E-state index in [0.717, 1.165) is 74.2 Å². The van der Waals surface area contributed by atoms with E-state index in [0.29, 0.717) is 30.7 Å². The molecule has 0 fully saturated rings. The molecular weight excluding hydrogens is 797 g/mol. The highest BCUT2D eigenvalue weighted by atomic mass is 16.5. The number of carboxylic acids is 1. The first-order chi connectivity index (χ1) is 31.4. The fraction of sp³-hybridized carbons (Fsp3) is 0.161. The zero-order valence-corrected chi connectivity index (χ0v) is 35.5. The molecule has 1 atom stereocenters. The van der Waals surface area contributed by atoms with Crippen LogP contribution in [0.1, 0.15) is 70.5 Å². The van der Waals surface area contributed by atoms with Gasteiger partial charge in [-0.15, -0.1) is 0 Å². The van der Waals surface area contributed by atoms with Crippen molar-refractivity contribution in [3.8, 4) is 16.9 Å². The minimum Gasteiger partial charge on any atom is -0.494 e. The molecule has 320 valence electrons. The predicted octanol–water partition coefficient (Wildman–Crippen LogP) is 11.8. The zero-order chi connectivity index (χ0) is 44.1. The molecule has 0 bridgehead atoms. The van der Waals surface area contributed by atoms with Crippen LogP contribution in [-0.4, -0.2) is 42.3 Å². The van der Waals surface area contributed by atoms with Crippen molar-refractivity contribution in [1.29, 1.82) is 0 Å². The lowest BCUT2D eigenvalue weighted by molar-refractivity contribution is -0.139. The highest BCUT2D eigenvalue weighted by Crippen LogP contribution is 2.44. The number of amides is 2. The van der Waals surface area contributed by atoms with Gasteiger partial charge in [0.2, 0.25) is 5.91 Å². The molecule has 1 aliphatic carbocycles. The van der Waals surface area contributed by atoms with Gasteiger partial charge in [0.1, 0.15) is 18.4 Å². The minimum absolute atomic E-state index is 0.0508. The normalized spacial score (nSPS) is 12.0. The quantitative estimate of drug-likeness (QED) is 0.0585. The summed E-state index contributed by atoms with van der Waals surface area (Å²) in [5.41, 5.74) is 12.5. The number of carbonyl (C=O) groups excluding carboxylic acids is 2. The smallest absolute Gasteiger partial charge is 0.407 e. The molecule has 1 aliphatic rings. The number of carbonyl (C=O) groups is 3. The van der Waals surface area contributed by atoms with E-state index in [1.54, 1.807) is 24.3 Å². The second-order valence-corrected chi connectivity index (χ2v) is 15.8. The van der Waals surface area contributed by atoms with Crippen LogP contribution >= 0.6 is 0 Å². The number of nitrogens with one attached hydrogen (secondary N) is 2. The highest BCUT2D eigenvalue weighted by Gasteiger charge is 2.30. The molecule has 2 amide bonds. The number of alkyl carbamates (subject to hydrolysis) is 1. The SMILES string of the molecule is O=C(CCCCCOc1ccc(C(=C(c2ccccc2)c2ccccc2)c2ccccc2)cc1)Nc1ccc(C[C@H](NC(=O)OCC2c3ccccc3-c3ccccc32)C(=O)O)cc1. The molecule has 0 heterocycles. The van der Waals surface area contributed by atoms with Crippen LogP contribution in [0.25, 0.3) is 22.3 Å². The number of carboxylic acid groups (broad SMARTS) is 1. The molecule has 0 aromatic heterocycles. The van der Waals surface area contributed by atoms with Crippen LogP contribution in [0.15, 0.2) is 188 Å². The van der Waals surface area contributed by atoms with Crippen LogP contribution in [0.2, 0.25) is 0 Å². The van der Waals surface area contributed by atoms with E-state index in [-0.39, 0.29) is 24.9 Å². The molecule has 0 radical (unpaired) electrons. The second kappa shape index (κ2) is 20.9. The monoisotopic (exact) mass is 846 g/mol. The van der Waals surface area contributed by atoms with Crippen molar-refractivity contribution >= 4 is 34.8 Å². The Morgan fingerprint density at radius 1 is 0.547 bits per heavy atom. The van der Waals surface area contributed by atoms with E-state index in [1.165, 1.54) is 0 Å². The average Bonchev–Trinajstić information content (AvgIpc) is 3.66. The Morgan fingerprint density at radius 3 is 1.58 bits per heavy atom. The summed E-state index contributed by atoms with van der Waals surface area (Å²) in [6.45, 7) is 0.626. The molecule has 3 N–H and O–H groups in total. The van der Waals surface area contributed by atoms with E-state index < -0.39 is 18.1 Å². The van der Waals surface area contributed by atoms with Crippen molar-refractivity contribution in [3.05, 3.63) is 227 Å². The van der Waals surface area contributed by atoms with Crippen LogP contribution in [0.4, 0.5) is 10.5 Å². The topological polar surface area (TPSA) is 114 Å². The predicted molar refractivity (Wildman–Crippen MR) is 253 cm³/mol. The lowest BCUT2D eigenvalue weighted by Gasteiger charge is -2.18. The van der Waals surface area contributed by atoms with E-state index >= 15 is 0 Å². The minimum atomic E-state index is -1.19. The van der Waals surface area contributed by atoms with Gasteiger partial charge < -0.3 is 25.2 Å². The third-order valence-electron chi connectivity index (χ3n) is 11.5. The van der Waals surface area contributed by atoms with Gasteiger partial charge in [-0.2, -0.15) is 0 Å². The van der Waals surface area contributed by atoms with E-state index in [2.05, 4.69) is 108 Å². The van der Waals surface area contributed by atoms with E-state index in [9.17, 15) is 19.5 Å². The largest absolute Gasteiger partial charge is 0.494 e. The fourth-order valence-electron chi connectivity index (χ4n) is 8.36. The average molecular weight is 847 g/mol. The van der Waals surface area contributed by atoms with Crippen molar-refractivity contribution in [2.24, 2.45) is 0 Å². The number of hydrogen-bond acceptors (Lipinski definition) is 5. The first-order valence-corrected chi connectivity index (χ1v) is 21.8. The molecule has 0 saturated heterocycles. The van der Waals surface area contributed by atoms with Gasteiger partial charge in [0.15, 0.2) is 0 Å². The maximum absolute atomic E-state index is 12.8. The second-order valence-electron chi connectivity index (χ2n) is 15.8. The van der Waals surface area contributed by atoms with Crippen molar-refractivity contribution in [2.75, 3.05) is 18.5 Å². The summed E-state index contributed by atoms with van der Waals surface area (Å²) in [5, 5.41) is 15.3. The Kier molecular flexibility index (Phi) is 14.0. The molecule has 7 aromatic rings. The van der Waals surface area contributed by atoms with Gasteiger partial charge in [0.05, 0.1) is 6.61 Å². The standard InChI is InChI=1S/C56H50N2O6/c59-52(57-44-32-28-39(29-33-44)37-51(55(60)61)58-56(62)64-38-50-48-25-14-12-23-46(48)47-24-13-15-26-49(47)50)27-11-4-16-36-63-45-34-30-43(31-35-45)54(42-21-9-3-10-22-42)53(40-17-5-1-6-18-40)41-19-7-2-8-20-41/h1-3,5-10,12-15,17-26,28-35,50-51H,4,11,16,27,36-38H2,(H,57,59)(H,58,62)(H,60,61)/t51-/m0/s1. The molecule has 8 rings (SSSR count). The number of ether oxygens (including phenoxy) is 2. The first kappa shape index (κ1) is 43.0. The van der Waals surface area contributed by atoms with Gasteiger partial charge >= 0.3 is 12.1 Å².